The van der Waals surface area contributed by atoms with Crippen LogP contribution in [0.25, 0.3) is 10.2 Å². The zero-order chi connectivity index (χ0) is 14.3. The van der Waals surface area contributed by atoms with Gasteiger partial charge in [0.05, 0.1) is 20.9 Å². The lowest BCUT2D eigenvalue weighted by molar-refractivity contribution is 0.102. The van der Waals surface area contributed by atoms with Gasteiger partial charge in [-0.2, -0.15) is 5.10 Å². The summed E-state index contributed by atoms with van der Waals surface area (Å²) in [5, 5.41) is 6.22. The first-order chi connectivity index (χ1) is 9.58. The zero-order valence-corrected chi connectivity index (χ0v) is 13.4. The van der Waals surface area contributed by atoms with Crippen LogP contribution in [0.5, 0.6) is 0 Å². The number of carbonyl (C=O) groups is 1. The highest BCUT2D eigenvalue weighted by Gasteiger charge is 2.21. The summed E-state index contributed by atoms with van der Waals surface area (Å²) in [6.07, 6.45) is 3.28. The second kappa shape index (κ2) is 5.10. The quantitative estimate of drug-likeness (QED) is 0.669. The predicted molar refractivity (Wildman–Crippen MR) is 83.4 cm³/mol. The lowest BCUT2D eigenvalue weighted by Gasteiger charge is -2.10. The van der Waals surface area contributed by atoms with Crippen molar-refractivity contribution >= 4 is 43.3 Å². The van der Waals surface area contributed by atoms with Gasteiger partial charge >= 0.3 is 0 Å². The molecule has 4 nitrogen and oxygen atoms in total. The Morgan fingerprint density at radius 3 is 2.95 bits per heavy atom. The highest BCUT2D eigenvalue weighted by Crippen LogP contribution is 2.25. The Kier molecular flexibility index (Phi) is 3.43. The number of carbonyl (C=O) groups excluding carboxylic acids is 1. The van der Waals surface area contributed by atoms with Crippen molar-refractivity contribution in [2.75, 3.05) is 0 Å². The first-order valence-electron chi connectivity index (χ1n) is 6.19. The summed E-state index contributed by atoms with van der Waals surface area (Å²) in [4.78, 5) is 17.0. The van der Waals surface area contributed by atoms with Crippen LogP contribution in [0.3, 0.4) is 0 Å². The smallest absolute Gasteiger partial charge is 0.213 e. The molecule has 0 spiro atoms. The standard InChI is InChI=1S/C14H12BrN3OS/c1-8(2)18-13(10(15)7-17-18)14(19)9-5-12-11(16-6-9)3-4-20-12/h3-8H,1-2H3. The van der Waals surface area contributed by atoms with Crippen LogP contribution in [-0.2, 0) is 0 Å². The summed E-state index contributed by atoms with van der Waals surface area (Å²) in [5.74, 6) is -0.0640. The molecule has 0 aliphatic rings. The van der Waals surface area contributed by atoms with Crippen molar-refractivity contribution in [2.24, 2.45) is 0 Å². The van der Waals surface area contributed by atoms with Crippen LogP contribution in [0, 0.1) is 0 Å². The number of halogens is 1. The van der Waals surface area contributed by atoms with Crippen molar-refractivity contribution in [2.45, 2.75) is 19.9 Å². The Bertz CT molecular complexity index is 791. The third-order valence-corrected chi connectivity index (χ3v) is 4.45. The summed E-state index contributed by atoms with van der Waals surface area (Å²) in [6, 6.07) is 3.96. The fourth-order valence-electron chi connectivity index (χ4n) is 2.05. The Hall–Kier alpha value is -1.53. The molecule has 3 aromatic rings. The molecule has 0 saturated carbocycles. The Morgan fingerprint density at radius 1 is 1.40 bits per heavy atom. The van der Waals surface area contributed by atoms with E-state index in [4.69, 9.17) is 0 Å². The van der Waals surface area contributed by atoms with Gasteiger partial charge in [0.25, 0.3) is 0 Å². The zero-order valence-electron chi connectivity index (χ0n) is 11.0. The van der Waals surface area contributed by atoms with Crippen LogP contribution >= 0.6 is 27.3 Å². The number of hydrogen-bond donors (Lipinski definition) is 0. The highest BCUT2D eigenvalue weighted by atomic mass is 79.9. The van der Waals surface area contributed by atoms with Crippen LogP contribution in [0.1, 0.15) is 35.9 Å². The largest absolute Gasteiger partial charge is 0.287 e. The summed E-state index contributed by atoms with van der Waals surface area (Å²) < 4.78 is 3.45. The lowest BCUT2D eigenvalue weighted by Crippen LogP contribution is -2.14. The molecule has 0 bridgehead atoms. The number of nitrogens with zero attached hydrogens (tertiary/aromatic N) is 3. The van der Waals surface area contributed by atoms with Gasteiger partial charge in [0.15, 0.2) is 0 Å². The lowest BCUT2D eigenvalue weighted by atomic mass is 10.1. The van der Waals surface area contributed by atoms with E-state index in [9.17, 15) is 4.79 Å². The van der Waals surface area contributed by atoms with Gasteiger partial charge in [0.1, 0.15) is 5.69 Å². The molecular formula is C14H12BrN3OS. The molecule has 20 heavy (non-hydrogen) atoms. The second-order valence-corrected chi connectivity index (χ2v) is 6.54. The molecule has 6 heteroatoms. The molecule has 0 unspecified atom stereocenters. The molecule has 0 fully saturated rings. The van der Waals surface area contributed by atoms with Gasteiger partial charge in [-0.05, 0) is 47.3 Å². The van der Waals surface area contributed by atoms with Crippen molar-refractivity contribution in [1.82, 2.24) is 14.8 Å². The summed E-state index contributed by atoms with van der Waals surface area (Å²) >= 11 is 4.99. The normalized spacial score (nSPS) is 11.4. The summed E-state index contributed by atoms with van der Waals surface area (Å²) in [5.41, 5.74) is 2.07. The molecule has 0 aliphatic heterocycles. The van der Waals surface area contributed by atoms with Crippen LogP contribution in [0.15, 0.2) is 34.4 Å². The van der Waals surface area contributed by atoms with Gasteiger partial charge in [-0.1, -0.05) is 0 Å². The molecule has 3 aromatic heterocycles. The fourth-order valence-corrected chi connectivity index (χ4v) is 3.29. The minimum Gasteiger partial charge on any atom is -0.287 e. The van der Waals surface area contributed by atoms with Crippen LogP contribution in [0.2, 0.25) is 0 Å². The monoisotopic (exact) mass is 349 g/mol. The maximum Gasteiger partial charge on any atom is 0.213 e. The maximum absolute atomic E-state index is 12.7. The second-order valence-electron chi connectivity index (χ2n) is 4.74. The van der Waals surface area contributed by atoms with E-state index in [1.54, 1.807) is 28.4 Å². The molecule has 0 atom stereocenters. The molecule has 0 N–H and O–H groups in total. The average Bonchev–Trinajstić information content (AvgIpc) is 3.03. The van der Waals surface area contributed by atoms with E-state index < -0.39 is 0 Å². The molecular weight excluding hydrogens is 338 g/mol. The van der Waals surface area contributed by atoms with E-state index in [0.717, 1.165) is 10.2 Å². The molecule has 0 aliphatic carbocycles. The highest BCUT2D eigenvalue weighted by molar-refractivity contribution is 9.10. The van der Waals surface area contributed by atoms with Crippen LogP contribution in [-0.4, -0.2) is 20.5 Å². The van der Waals surface area contributed by atoms with Crippen molar-refractivity contribution in [1.29, 1.82) is 0 Å². The van der Waals surface area contributed by atoms with Crippen LogP contribution < -0.4 is 0 Å². The van der Waals surface area contributed by atoms with Gasteiger partial charge in [-0.15, -0.1) is 11.3 Å². The number of hydrogen-bond acceptors (Lipinski definition) is 4. The Balaban J connectivity index is 2.10. The minimum absolute atomic E-state index is 0.0640. The third kappa shape index (κ3) is 2.19. The van der Waals surface area contributed by atoms with Gasteiger partial charge in [-0.25, -0.2) is 0 Å². The molecule has 0 saturated heterocycles. The molecule has 102 valence electrons. The summed E-state index contributed by atoms with van der Waals surface area (Å²) in [7, 11) is 0. The number of thiophene rings is 1. The Morgan fingerprint density at radius 2 is 2.20 bits per heavy atom. The van der Waals surface area contributed by atoms with E-state index in [-0.39, 0.29) is 11.8 Å². The van der Waals surface area contributed by atoms with E-state index in [0.29, 0.717) is 15.7 Å². The molecule has 3 heterocycles. The van der Waals surface area contributed by atoms with E-state index in [1.165, 1.54) is 0 Å². The van der Waals surface area contributed by atoms with Crippen molar-refractivity contribution in [3.63, 3.8) is 0 Å². The Labute approximate surface area is 128 Å². The number of fused-ring (bicyclic) bond motifs is 1. The average molecular weight is 350 g/mol. The predicted octanol–water partition coefficient (Wildman–Crippen LogP) is 4.07. The SMILES string of the molecule is CC(C)n1ncc(Br)c1C(=O)c1cnc2ccsc2c1. The van der Waals surface area contributed by atoms with Gasteiger partial charge in [0, 0.05) is 17.8 Å². The van der Waals surface area contributed by atoms with E-state index in [1.807, 2.05) is 31.4 Å². The van der Waals surface area contributed by atoms with Gasteiger partial charge in [-0.3, -0.25) is 14.5 Å². The van der Waals surface area contributed by atoms with E-state index >= 15 is 0 Å². The third-order valence-electron chi connectivity index (χ3n) is 3.02. The van der Waals surface area contributed by atoms with Gasteiger partial charge < -0.3 is 0 Å². The molecule has 0 aromatic carbocycles. The fraction of sp³-hybridized carbons (Fsp3) is 0.214. The van der Waals surface area contributed by atoms with Crippen molar-refractivity contribution < 1.29 is 4.79 Å². The minimum atomic E-state index is -0.0640. The number of rotatable bonds is 3. The first-order valence-corrected chi connectivity index (χ1v) is 7.86. The topological polar surface area (TPSA) is 47.8 Å². The number of pyridine rings is 1. The number of ketones is 1. The van der Waals surface area contributed by atoms with Crippen molar-refractivity contribution in [3.8, 4) is 0 Å². The maximum atomic E-state index is 12.7. The molecule has 0 radical (unpaired) electrons. The first kappa shape index (κ1) is 13.5. The van der Waals surface area contributed by atoms with Crippen molar-refractivity contribution in [3.05, 3.63) is 45.6 Å². The number of aromatic nitrogens is 3. The van der Waals surface area contributed by atoms with Gasteiger partial charge in [0.2, 0.25) is 5.78 Å². The van der Waals surface area contributed by atoms with Crippen LogP contribution in [0.4, 0.5) is 0 Å². The summed E-state index contributed by atoms with van der Waals surface area (Å²) in [6.45, 7) is 3.99. The molecule has 0 amide bonds. The van der Waals surface area contributed by atoms with E-state index in [2.05, 4.69) is 26.0 Å². The molecule has 3 rings (SSSR count).